The molecular formula is C9H10ClN5O. The first-order chi connectivity index (χ1) is 7.58. The summed E-state index contributed by atoms with van der Waals surface area (Å²) in [5, 5.41) is 10.6. The highest BCUT2D eigenvalue weighted by atomic mass is 35.5. The molecule has 0 aromatic carbocycles. The molecule has 0 aliphatic heterocycles. The predicted octanol–water partition coefficient (Wildman–Crippen LogP) is 1.06. The van der Waals surface area contributed by atoms with E-state index in [-0.39, 0.29) is 5.91 Å². The number of nitrogens with one attached hydrogen (secondary N) is 1. The summed E-state index contributed by atoms with van der Waals surface area (Å²) in [5.74, 6) is 0.118. The molecule has 0 fully saturated rings. The zero-order valence-electron chi connectivity index (χ0n) is 8.81. The van der Waals surface area contributed by atoms with Crippen molar-refractivity contribution in [3.8, 4) is 0 Å². The van der Waals surface area contributed by atoms with Crippen molar-refractivity contribution in [2.75, 3.05) is 5.32 Å². The number of aromatic nitrogens is 4. The van der Waals surface area contributed by atoms with Crippen LogP contribution < -0.4 is 5.32 Å². The zero-order chi connectivity index (χ0) is 11.7. The molecule has 0 bridgehead atoms. The van der Waals surface area contributed by atoms with Gasteiger partial charge in [0, 0.05) is 20.3 Å². The van der Waals surface area contributed by atoms with Crippen LogP contribution in [0.15, 0.2) is 18.6 Å². The summed E-state index contributed by atoms with van der Waals surface area (Å²) in [5.41, 5.74) is 0.466. The van der Waals surface area contributed by atoms with E-state index >= 15 is 0 Å². The Bertz CT molecular complexity index is 530. The van der Waals surface area contributed by atoms with Crippen LogP contribution in [0, 0.1) is 0 Å². The maximum Gasteiger partial charge on any atom is 0.274 e. The summed E-state index contributed by atoms with van der Waals surface area (Å²) in [6.45, 7) is 0. The van der Waals surface area contributed by atoms with Gasteiger partial charge in [0.2, 0.25) is 5.95 Å². The van der Waals surface area contributed by atoms with E-state index in [0.717, 1.165) is 0 Å². The van der Waals surface area contributed by atoms with Gasteiger partial charge in [-0.3, -0.25) is 10.1 Å². The minimum absolute atomic E-state index is 0.273. The number of nitrogens with zero attached hydrogens (tertiary/aromatic N) is 4. The third-order valence-corrected chi connectivity index (χ3v) is 2.35. The summed E-state index contributed by atoms with van der Waals surface area (Å²) in [4.78, 5) is 11.8. The van der Waals surface area contributed by atoms with Crippen molar-refractivity contribution >= 4 is 23.5 Å². The molecule has 0 saturated heterocycles. The zero-order valence-corrected chi connectivity index (χ0v) is 9.56. The molecule has 2 heterocycles. The van der Waals surface area contributed by atoms with Gasteiger partial charge in [0.25, 0.3) is 5.91 Å². The van der Waals surface area contributed by atoms with Gasteiger partial charge < -0.3 is 9.13 Å². The van der Waals surface area contributed by atoms with E-state index in [9.17, 15) is 4.79 Å². The fourth-order valence-corrected chi connectivity index (χ4v) is 1.56. The van der Waals surface area contributed by atoms with Crippen LogP contribution in [0.1, 0.15) is 10.5 Å². The van der Waals surface area contributed by atoms with Gasteiger partial charge in [-0.1, -0.05) is 11.6 Å². The molecule has 2 rings (SSSR count). The lowest BCUT2D eigenvalue weighted by Crippen LogP contribution is -2.17. The number of hydrogen-bond acceptors (Lipinski definition) is 3. The van der Waals surface area contributed by atoms with Crippen molar-refractivity contribution in [3.63, 3.8) is 0 Å². The topological polar surface area (TPSA) is 64.7 Å². The van der Waals surface area contributed by atoms with E-state index in [4.69, 9.17) is 11.6 Å². The summed E-state index contributed by atoms with van der Waals surface area (Å²) < 4.78 is 3.26. The van der Waals surface area contributed by atoms with Gasteiger partial charge in [0.15, 0.2) is 0 Å². The number of amides is 1. The third kappa shape index (κ3) is 1.92. The monoisotopic (exact) mass is 239 g/mol. The third-order valence-electron chi connectivity index (χ3n) is 2.14. The molecule has 7 heteroatoms. The van der Waals surface area contributed by atoms with Crippen molar-refractivity contribution in [1.82, 2.24) is 19.3 Å². The Hall–Kier alpha value is -1.82. The van der Waals surface area contributed by atoms with E-state index in [2.05, 4.69) is 15.5 Å². The number of hydrogen-bond donors (Lipinski definition) is 1. The highest BCUT2D eigenvalue weighted by Gasteiger charge is 2.13. The molecule has 1 N–H and O–H groups in total. The van der Waals surface area contributed by atoms with E-state index in [0.29, 0.717) is 16.7 Å². The largest absolute Gasteiger partial charge is 0.345 e. The van der Waals surface area contributed by atoms with Gasteiger partial charge in [0.1, 0.15) is 12.0 Å². The van der Waals surface area contributed by atoms with Crippen molar-refractivity contribution in [2.45, 2.75) is 0 Å². The van der Waals surface area contributed by atoms with Crippen LogP contribution in [0.4, 0.5) is 5.95 Å². The number of aryl methyl sites for hydroxylation is 2. The van der Waals surface area contributed by atoms with Gasteiger partial charge >= 0.3 is 0 Å². The van der Waals surface area contributed by atoms with Crippen LogP contribution in [-0.2, 0) is 14.1 Å². The SMILES string of the molecule is Cn1cc(Cl)cc1C(=O)Nc1nncn1C. The molecule has 0 atom stereocenters. The van der Waals surface area contributed by atoms with Gasteiger partial charge in [0.05, 0.1) is 5.02 Å². The van der Waals surface area contributed by atoms with E-state index in [1.165, 1.54) is 6.33 Å². The first-order valence-electron chi connectivity index (χ1n) is 4.55. The van der Waals surface area contributed by atoms with Crippen LogP contribution in [0.2, 0.25) is 5.02 Å². The molecule has 2 aromatic heterocycles. The summed E-state index contributed by atoms with van der Waals surface area (Å²) in [6, 6.07) is 1.59. The molecule has 16 heavy (non-hydrogen) atoms. The number of rotatable bonds is 2. The molecule has 84 valence electrons. The predicted molar refractivity (Wildman–Crippen MR) is 59.4 cm³/mol. The lowest BCUT2D eigenvalue weighted by molar-refractivity contribution is 0.101. The Morgan fingerprint density at radius 3 is 2.69 bits per heavy atom. The van der Waals surface area contributed by atoms with E-state index in [1.54, 1.807) is 35.5 Å². The van der Waals surface area contributed by atoms with Gasteiger partial charge in [-0.05, 0) is 6.07 Å². The molecule has 0 aliphatic rings. The van der Waals surface area contributed by atoms with Gasteiger partial charge in [-0.2, -0.15) is 0 Å². The van der Waals surface area contributed by atoms with Crippen molar-refractivity contribution < 1.29 is 4.79 Å². The minimum atomic E-state index is -0.273. The molecule has 0 saturated carbocycles. The Morgan fingerprint density at radius 1 is 1.44 bits per heavy atom. The maximum absolute atomic E-state index is 11.8. The van der Waals surface area contributed by atoms with Crippen LogP contribution in [0.5, 0.6) is 0 Å². The second-order valence-corrected chi connectivity index (χ2v) is 3.81. The molecule has 1 amide bonds. The van der Waals surface area contributed by atoms with E-state index < -0.39 is 0 Å². The lowest BCUT2D eigenvalue weighted by Gasteiger charge is -2.04. The highest BCUT2D eigenvalue weighted by molar-refractivity contribution is 6.31. The molecule has 6 nitrogen and oxygen atoms in total. The van der Waals surface area contributed by atoms with Crippen molar-refractivity contribution in [1.29, 1.82) is 0 Å². The highest BCUT2D eigenvalue weighted by Crippen LogP contribution is 2.13. The normalized spacial score (nSPS) is 10.4. The van der Waals surface area contributed by atoms with Crippen LogP contribution in [0.3, 0.4) is 0 Å². The Balaban J connectivity index is 2.21. The number of carbonyl (C=O) groups is 1. The summed E-state index contributed by atoms with van der Waals surface area (Å²) in [6.07, 6.45) is 3.17. The molecule has 0 spiro atoms. The van der Waals surface area contributed by atoms with Gasteiger partial charge in [-0.15, -0.1) is 10.2 Å². The smallest absolute Gasteiger partial charge is 0.274 e. The molecule has 0 radical (unpaired) electrons. The minimum Gasteiger partial charge on any atom is -0.345 e. The Labute approximate surface area is 96.8 Å². The summed E-state index contributed by atoms with van der Waals surface area (Å²) >= 11 is 5.79. The first-order valence-corrected chi connectivity index (χ1v) is 4.93. The Morgan fingerprint density at radius 2 is 2.19 bits per heavy atom. The number of halogens is 1. The lowest BCUT2D eigenvalue weighted by atomic mass is 10.4. The summed E-state index contributed by atoms with van der Waals surface area (Å²) in [7, 11) is 3.49. The maximum atomic E-state index is 11.8. The fourth-order valence-electron chi connectivity index (χ4n) is 1.31. The molecule has 0 aliphatic carbocycles. The average molecular weight is 240 g/mol. The molecule has 2 aromatic rings. The Kier molecular flexibility index (Phi) is 2.66. The number of anilines is 1. The average Bonchev–Trinajstić information content (AvgIpc) is 2.74. The van der Waals surface area contributed by atoms with Crippen molar-refractivity contribution in [3.05, 3.63) is 29.3 Å². The second kappa shape index (κ2) is 3.97. The van der Waals surface area contributed by atoms with Crippen LogP contribution in [-0.4, -0.2) is 25.2 Å². The van der Waals surface area contributed by atoms with Gasteiger partial charge in [-0.25, -0.2) is 0 Å². The molecular weight excluding hydrogens is 230 g/mol. The molecule has 0 unspecified atom stereocenters. The van der Waals surface area contributed by atoms with Crippen LogP contribution >= 0.6 is 11.6 Å². The fraction of sp³-hybridized carbons (Fsp3) is 0.222. The standard InChI is InChI=1S/C9H10ClN5O/c1-14-4-6(10)3-7(14)8(16)12-9-13-11-5-15(9)2/h3-5H,1-2H3,(H,12,13,16). The van der Waals surface area contributed by atoms with E-state index in [1.807, 2.05) is 0 Å². The first kappa shape index (κ1) is 10.7. The van der Waals surface area contributed by atoms with Crippen molar-refractivity contribution in [2.24, 2.45) is 14.1 Å². The number of carbonyl (C=O) groups excluding carboxylic acids is 1. The van der Waals surface area contributed by atoms with Crippen LogP contribution in [0.25, 0.3) is 0 Å². The quantitative estimate of drug-likeness (QED) is 0.852. The second-order valence-electron chi connectivity index (χ2n) is 3.37.